The van der Waals surface area contributed by atoms with Crippen LogP contribution in [0.2, 0.25) is 0 Å². The lowest BCUT2D eigenvalue weighted by atomic mass is 10.1. The van der Waals surface area contributed by atoms with Crippen LogP contribution in [0.15, 0.2) is 70.9 Å². The molecule has 9 heteroatoms. The third-order valence-electron chi connectivity index (χ3n) is 5.45. The molecule has 1 unspecified atom stereocenters. The number of nitrogens with zero attached hydrogens (tertiary/aromatic N) is 1. The summed E-state index contributed by atoms with van der Waals surface area (Å²) in [6.45, 7) is 2.41. The number of hydrogen-bond acceptors (Lipinski definition) is 5. The van der Waals surface area contributed by atoms with E-state index in [-0.39, 0.29) is 28.1 Å². The van der Waals surface area contributed by atoms with Crippen molar-refractivity contribution in [1.82, 2.24) is 10.2 Å². The molecule has 4 rings (SSSR count). The number of thiophene rings is 1. The van der Waals surface area contributed by atoms with Gasteiger partial charge in [0, 0.05) is 11.4 Å². The van der Waals surface area contributed by atoms with Gasteiger partial charge in [-0.1, -0.05) is 18.2 Å². The molecule has 0 saturated carbocycles. The van der Waals surface area contributed by atoms with Crippen molar-refractivity contribution in [2.24, 2.45) is 0 Å². The molecule has 0 aliphatic carbocycles. The van der Waals surface area contributed by atoms with E-state index in [9.17, 15) is 17.6 Å². The highest BCUT2D eigenvalue weighted by Gasteiger charge is 2.25. The molecule has 1 fully saturated rings. The minimum Gasteiger partial charge on any atom is -0.350 e. The fourth-order valence-electron chi connectivity index (χ4n) is 3.82. The van der Waals surface area contributed by atoms with Gasteiger partial charge >= 0.3 is 0 Å². The highest BCUT2D eigenvalue weighted by Crippen LogP contribution is 2.28. The third-order valence-corrected chi connectivity index (χ3v) is 7.80. The summed E-state index contributed by atoms with van der Waals surface area (Å²) in [6, 6.07) is 15.1. The van der Waals surface area contributed by atoms with Crippen LogP contribution >= 0.6 is 11.3 Å². The fourth-order valence-corrected chi connectivity index (χ4v) is 5.76. The molecular weight excluding hydrogens is 449 g/mol. The Morgan fingerprint density at radius 1 is 1.03 bits per heavy atom. The number of likely N-dealkylation sites (tertiary alicyclic amines) is 1. The van der Waals surface area contributed by atoms with E-state index in [2.05, 4.69) is 21.0 Å². The molecule has 168 valence electrons. The topological polar surface area (TPSA) is 78.5 Å². The summed E-state index contributed by atoms with van der Waals surface area (Å²) in [6.07, 6.45) is 2.29. The number of nitrogens with one attached hydrogen (secondary N) is 2. The van der Waals surface area contributed by atoms with E-state index < -0.39 is 15.8 Å². The van der Waals surface area contributed by atoms with Crippen molar-refractivity contribution in [2.45, 2.75) is 23.8 Å². The summed E-state index contributed by atoms with van der Waals surface area (Å²) in [5, 5.41) is 5.01. The van der Waals surface area contributed by atoms with Gasteiger partial charge in [-0.15, -0.1) is 11.3 Å². The van der Waals surface area contributed by atoms with E-state index in [1.165, 1.54) is 23.1 Å². The van der Waals surface area contributed by atoms with Crippen LogP contribution in [-0.2, 0) is 10.0 Å². The summed E-state index contributed by atoms with van der Waals surface area (Å²) in [5.74, 6) is -0.884. The number of benzene rings is 2. The zero-order valence-electron chi connectivity index (χ0n) is 17.3. The smallest absolute Gasteiger partial charge is 0.261 e. The predicted molar refractivity (Wildman–Crippen MR) is 124 cm³/mol. The summed E-state index contributed by atoms with van der Waals surface area (Å²) in [5.41, 5.74) is 0.396. The Kier molecular flexibility index (Phi) is 6.88. The van der Waals surface area contributed by atoms with Gasteiger partial charge in [-0.25, -0.2) is 12.8 Å². The largest absolute Gasteiger partial charge is 0.350 e. The Balaban J connectivity index is 1.50. The Bertz CT molecular complexity index is 1160. The van der Waals surface area contributed by atoms with Crippen LogP contribution in [0.5, 0.6) is 0 Å². The highest BCUT2D eigenvalue weighted by molar-refractivity contribution is 7.92. The van der Waals surface area contributed by atoms with Crippen LogP contribution in [0, 0.1) is 5.82 Å². The first-order valence-corrected chi connectivity index (χ1v) is 12.7. The first-order chi connectivity index (χ1) is 15.4. The Morgan fingerprint density at radius 2 is 1.75 bits per heavy atom. The number of amides is 1. The first-order valence-electron chi connectivity index (χ1n) is 10.4. The van der Waals surface area contributed by atoms with Gasteiger partial charge in [0.2, 0.25) is 0 Å². The van der Waals surface area contributed by atoms with E-state index in [1.54, 1.807) is 29.5 Å². The number of halogens is 1. The number of carbonyl (C=O) groups excluding carboxylic acids is 1. The number of para-hydroxylation sites is 1. The van der Waals surface area contributed by atoms with Gasteiger partial charge in [-0.3, -0.25) is 14.4 Å². The molecule has 2 heterocycles. The highest BCUT2D eigenvalue weighted by atomic mass is 32.2. The molecule has 2 aromatic carbocycles. The molecule has 6 nitrogen and oxygen atoms in total. The molecule has 1 amide bonds. The van der Waals surface area contributed by atoms with Crippen LogP contribution in [0.25, 0.3) is 0 Å². The van der Waals surface area contributed by atoms with Crippen LogP contribution in [0.4, 0.5) is 10.1 Å². The van der Waals surface area contributed by atoms with Gasteiger partial charge in [-0.05, 0) is 73.8 Å². The number of hydrogen-bond donors (Lipinski definition) is 2. The molecule has 1 aliphatic heterocycles. The Labute approximate surface area is 191 Å². The van der Waals surface area contributed by atoms with Crippen LogP contribution in [0.3, 0.4) is 0 Å². The van der Waals surface area contributed by atoms with Crippen molar-refractivity contribution in [3.8, 4) is 0 Å². The minimum atomic E-state index is -3.97. The molecule has 1 saturated heterocycles. The van der Waals surface area contributed by atoms with Gasteiger partial charge < -0.3 is 5.32 Å². The number of rotatable bonds is 8. The Hall–Kier alpha value is -2.75. The summed E-state index contributed by atoms with van der Waals surface area (Å²) < 4.78 is 41.0. The predicted octanol–water partition coefficient (Wildman–Crippen LogP) is 4.25. The van der Waals surface area contributed by atoms with E-state index in [1.807, 2.05) is 11.4 Å². The maximum atomic E-state index is 13.2. The lowest BCUT2D eigenvalue weighted by molar-refractivity contribution is 0.0939. The number of sulfonamides is 1. The molecule has 1 aliphatic rings. The van der Waals surface area contributed by atoms with Gasteiger partial charge in [0.15, 0.2) is 0 Å². The molecule has 0 bridgehead atoms. The molecule has 1 atom stereocenters. The average Bonchev–Trinajstić information content (AvgIpc) is 3.49. The molecule has 1 aromatic heterocycles. The maximum absolute atomic E-state index is 13.2. The van der Waals surface area contributed by atoms with Crippen LogP contribution in [0.1, 0.15) is 34.1 Å². The molecule has 32 heavy (non-hydrogen) atoms. The van der Waals surface area contributed by atoms with Gasteiger partial charge in [0.25, 0.3) is 15.9 Å². The molecule has 3 aromatic rings. The van der Waals surface area contributed by atoms with E-state index >= 15 is 0 Å². The summed E-state index contributed by atoms with van der Waals surface area (Å²) in [4.78, 5) is 16.5. The van der Waals surface area contributed by atoms with Crippen molar-refractivity contribution in [2.75, 3.05) is 24.4 Å². The van der Waals surface area contributed by atoms with Crippen molar-refractivity contribution in [3.63, 3.8) is 0 Å². The van der Waals surface area contributed by atoms with Crippen molar-refractivity contribution < 1.29 is 17.6 Å². The van der Waals surface area contributed by atoms with Gasteiger partial charge in [0.1, 0.15) is 5.82 Å². The second kappa shape index (κ2) is 9.81. The SMILES string of the molecule is O=C(NCC(c1cccs1)N1CCCC1)c1ccccc1NS(=O)(=O)c1ccc(F)cc1. The second-order valence-electron chi connectivity index (χ2n) is 7.59. The van der Waals surface area contributed by atoms with Crippen LogP contribution in [-0.4, -0.2) is 38.9 Å². The van der Waals surface area contributed by atoms with Gasteiger partial charge in [0.05, 0.1) is 22.2 Å². The molecule has 0 radical (unpaired) electrons. The zero-order chi connectivity index (χ0) is 22.6. The van der Waals surface area contributed by atoms with Crippen molar-refractivity contribution in [3.05, 3.63) is 82.3 Å². The van der Waals surface area contributed by atoms with E-state index in [0.29, 0.717) is 6.54 Å². The normalized spacial score (nSPS) is 15.4. The Morgan fingerprint density at radius 3 is 2.44 bits per heavy atom. The van der Waals surface area contributed by atoms with E-state index in [0.717, 1.165) is 38.1 Å². The molecule has 2 N–H and O–H groups in total. The summed E-state index contributed by atoms with van der Waals surface area (Å²) >= 11 is 1.66. The van der Waals surface area contributed by atoms with Gasteiger partial charge in [-0.2, -0.15) is 0 Å². The minimum absolute atomic E-state index is 0.0825. The maximum Gasteiger partial charge on any atom is 0.261 e. The monoisotopic (exact) mass is 473 g/mol. The number of anilines is 1. The molecule has 0 spiro atoms. The van der Waals surface area contributed by atoms with E-state index in [4.69, 9.17) is 0 Å². The lowest BCUT2D eigenvalue weighted by Crippen LogP contribution is -2.36. The van der Waals surface area contributed by atoms with Crippen molar-refractivity contribution >= 4 is 33.0 Å². The molecular formula is C23H24FN3O3S2. The quantitative estimate of drug-likeness (QED) is 0.513. The third kappa shape index (κ3) is 5.17. The summed E-state index contributed by atoms with van der Waals surface area (Å²) in [7, 11) is -3.97. The van der Waals surface area contributed by atoms with Crippen molar-refractivity contribution in [1.29, 1.82) is 0 Å². The lowest BCUT2D eigenvalue weighted by Gasteiger charge is -2.27. The standard InChI is InChI=1S/C23H24FN3O3S2/c24-17-9-11-18(12-10-17)32(29,30)26-20-7-2-1-6-19(20)23(28)25-16-21(22-8-5-15-31-22)27-13-3-4-14-27/h1-2,5-12,15,21,26H,3-4,13-14,16H2,(H,25,28). The zero-order valence-corrected chi connectivity index (χ0v) is 19.0. The fraction of sp³-hybridized carbons (Fsp3) is 0.261. The van der Waals surface area contributed by atoms with Crippen LogP contribution < -0.4 is 10.0 Å². The number of carbonyl (C=O) groups is 1. The average molecular weight is 474 g/mol. The second-order valence-corrected chi connectivity index (χ2v) is 10.3. The first kappa shape index (κ1) is 22.4.